The quantitative estimate of drug-likeness (QED) is 0.455. The first-order valence-electron chi connectivity index (χ1n) is 4.92. The highest BCUT2D eigenvalue weighted by Gasteiger charge is 2.08. The average Bonchev–Trinajstić information content (AvgIpc) is 2.18. The van der Waals surface area contributed by atoms with Gasteiger partial charge in [0.05, 0.1) is 6.04 Å². The van der Waals surface area contributed by atoms with Crippen LogP contribution in [0.25, 0.3) is 0 Å². The summed E-state index contributed by atoms with van der Waals surface area (Å²) in [5, 5.41) is 0. The third-order valence-electron chi connectivity index (χ3n) is 2.23. The van der Waals surface area contributed by atoms with Crippen molar-refractivity contribution in [3.05, 3.63) is 46.8 Å². The number of nitrogens with two attached hydrogens (primary N) is 1. The predicted molar refractivity (Wildman–Crippen MR) is 60.6 cm³/mol. The van der Waals surface area contributed by atoms with Gasteiger partial charge < -0.3 is 0 Å². The molecule has 1 unspecified atom stereocenters. The number of hydrogen-bond acceptors (Lipinski definition) is 2. The fourth-order valence-corrected chi connectivity index (χ4v) is 1.38. The molecule has 0 aromatic heterocycles. The van der Waals surface area contributed by atoms with E-state index in [1.807, 2.05) is 26.0 Å². The number of halogens is 1. The molecule has 0 saturated heterocycles. The van der Waals surface area contributed by atoms with Crippen molar-refractivity contribution in [3.8, 4) is 0 Å². The third-order valence-corrected chi connectivity index (χ3v) is 2.23. The second kappa shape index (κ2) is 5.05. The lowest BCUT2D eigenvalue weighted by molar-refractivity contribution is 0.603. The summed E-state index contributed by atoms with van der Waals surface area (Å²) in [6, 6.07) is 5.01. The average molecular weight is 208 g/mol. The van der Waals surface area contributed by atoms with E-state index in [0.717, 1.165) is 11.1 Å². The van der Waals surface area contributed by atoms with Crippen LogP contribution in [0.15, 0.2) is 29.8 Å². The van der Waals surface area contributed by atoms with E-state index < -0.39 is 0 Å². The molecule has 1 aromatic rings. The largest absolute Gasteiger partial charge is 0.271 e. The van der Waals surface area contributed by atoms with Gasteiger partial charge in [-0.05, 0) is 38.0 Å². The van der Waals surface area contributed by atoms with Crippen molar-refractivity contribution in [3.63, 3.8) is 0 Å². The topological polar surface area (TPSA) is 38.0 Å². The number of allylic oxidation sites excluding steroid dienone is 1. The summed E-state index contributed by atoms with van der Waals surface area (Å²) in [7, 11) is 0. The van der Waals surface area contributed by atoms with E-state index in [4.69, 9.17) is 5.84 Å². The van der Waals surface area contributed by atoms with Crippen molar-refractivity contribution < 1.29 is 4.39 Å². The zero-order valence-electron chi connectivity index (χ0n) is 9.34. The molecule has 1 rings (SSSR count). The zero-order chi connectivity index (χ0) is 11.4. The van der Waals surface area contributed by atoms with E-state index >= 15 is 0 Å². The first kappa shape index (κ1) is 11.9. The van der Waals surface area contributed by atoms with E-state index in [9.17, 15) is 4.39 Å². The van der Waals surface area contributed by atoms with Gasteiger partial charge in [-0.3, -0.25) is 5.84 Å². The third kappa shape index (κ3) is 3.15. The highest BCUT2D eigenvalue weighted by atomic mass is 19.1. The van der Waals surface area contributed by atoms with E-state index in [-0.39, 0.29) is 11.9 Å². The molecule has 0 aliphatic heterocycles. The van der Waals surface area contributed by atoms with Crippen molar-refractivity contribution in [1.82, 2.24) is 5.43 Å². The fourth-order valence-electron chi connectivity index (χ4n) is 1.38. The maximum atomic E-state index is 13.3. The Balaban J connectivity index is 3.03. The van der Waals surface area contributed by atoms with Crippen LogP contribution in [-0.2, 0) is 0 Å². The second-order valence-corrected chi connectivity index (χ2v) is 3.90. The lowest BCUT2D eigenvalue weighted by Crippen LogP contribution is -2.26. The Kier molecular flexibility index (Phi) is 4.00. The molecule has 0 radical (unpaired) electrons. The van der Waals surface area contributed by atoms with Gasteiger partial charge >= 0.3 is 0 Å². The molecule has 82 valence electrons. The summed E-state index contributed by atoms with van der Waals surface area (Å²) >= 11 is 0. The van der Waals surface area contributed by atoms with Gasteiger partial charge in [-0.1, -0.05) is 23.8 Å². The lowest BCUT2D eigenvalue weighted by atomic mass is 10.0. The summed E-state index contributed by atoms with van der Waals surface area (Å²) in [4.78, 5) is 0. The van der Waals surface area contributed by atoms with E-state index in [2.05, 4.69) is 5.43 Å². The number of rotatable bonds is 3. The number of benzene rings is 1. The van der Waals surface area contributed by atoms with Crippen LogP contribution in [0.3, 0.4) is 0 Å². The van der Waals surface area contributed by atoms with Gasteiger partial charge in [0.2, 0.25) is 0 Å². The molecule has 0 aliphatic rings. The Morgan fingerprint density at radius 1 is 1.47 bits per heavy atom. The molecule has 2 nitrogen and oxygen atoms in total. The normalized spacial score (nSPS) is 12.3. The second-order valence-electron chi connectivity index (χ2n) is 3.90. The van der Waals surface area contributed by atoms with Gasteiger partial charge in [-0.25, -0.2) is 9.82 Å². The highest BCUT2D eigenvalue weighted by molar-refractivity contribution is 5.28. The van der Waals surface area contributed by atoms with E-state index in [1.54, 1.807) is 13.0 Å². The first-order chi connectivity index (χ1) is 7.04. The zero-order valence-corrected chi connectivity index (χ0v) is 9.34. The molecule has 0 bridgehead atoms. The number of hydrazine groups is 1. The molecule has 0 spiro atoms. The Labute approximate surface area is 90.0 Å². The van der Waals surface area contributed by atoms with E-state index in [0.29, 0.717) is 5.56 Å². The highest BCUT2D eigenvalue weighted by Crippen LogP contribution is 2.18. The van der Waals surface area contributed by atoms with Gasteiger partial charge in [0.15, 0.2) is 0 Å². The van der Waals surface area contributed by atoms with Crippen molar-refractivity contribution in [2.45, 2.75) is 26.8 Å². The molecular weight excluding hydrogens is 191 g/mol. The fraction of sp³-hybridized carbons (Fsp3) is 0.333. The van der Waals surface area contributed by atoms with Crippen LogP contribution in [0.1, 0.15) is 31.0 Å². The van der Waals surface area contributed by atoms with Gasteiger partial charge in [-0.15, -0.1) is 0 Å². The van der Waals surface area contributed by atoms with Crippen LogP contribution >= 0.6 is 0 Å². The standard InChI is InChI=1S/C12H17FN2/c1-8(2)6-12(15-14)10-5-4-9(3)11(13)7-10/h4-7,12,15H,14H2,1-3H3. The van der Waals surface area contributed by atoms with Gasteiger partial charge in [0.25, 0.3) is 0 Å². The summed E-state index contributed by atoms with van der Waals surface area (Å²) in [6.45, 7) is 5.70. The summed E-state index contributed by atoms with van der Waals surface area (Å²) < 4.78 is 13.3. The Morgan fingerprint density at radius 3 is 2.60 bits per heavy atom. The number of nitrogens with one attached hydrogen (secondary N) is 1. The van der Waals surface area contributed by atoms with Crippen LogP contribution in [0.2, 0.25) is 0 Å². The summed E-state index contributed by atoms with van der Waals surface area (Å²) in [5.41, 5.74) is 5.27. The van der Waals surface area contributed by atoms with Gasteiger partial charge in [0.1, 0.15) is 5.82 Å². The van der Waals surface area contributed by atoms with Crippen LogP contribution in [0.5, 0.6) is 0 Å². The van der Waals surface area contributed by atoms with Gasteiger partial charge in [-0.2, -0.15) is 0 Å². The smallest absolute Gasteiger partial charge is 0.126 e. The Hall–Kier alpha value is -1.19. The van der Waals surface area contributed by atoms with Crippen molar-refractivity contribution >= 4 is 0 Å². The molecule has 1 aromatic carbocycles. The molecular formula is C12H17FN2. The van der Waals surface area contributed by atoms with E-state index in [1.165, 1.54) is 6.07 Å². The molecule has 15 heavy (non-hydrogen) atoms. The number of aryl methyl sites for hydroxylation is 1. The molecule has 0 saturated carbocycles. The SMILES string of the molecule is CC(C)=CC(NN)c1ccc(C)c(F)c1. The Bertz CT molecular complexity index is 368. The van der Waals surface area contributed by atoms with Crippen LogP contribution < -0.4 is 11.3 Å². The predicted octanol–water partition coefficient (Wildman–Crippen LogP) is 2.60. The minimum atomic E-state index is -0.199. The van der Waals surface area contributed by atoms with Crippen LogP contribution in [0.4, 0.5) is 4.39 Å². The molecule has 0 aliphatic carbocycles. The van der Waals surface area contributed by atoms with Crippen molar-refractivity contribution in [1.29, 1.82) is 0 Å². The summed E-state index contributed by atoms with van der Waals surface area (Å²) in [5.74, 6) is 5.23. The molecule has 3 N–H and O–H groups in total. The summed E-state index contributed by atoms with van der Waals surface area (Å²) in [6.07, 6.45) is 1.96. The minimum Gasteiger partial charge on any atom is -0.271 e. The maximum Gasteiger partial charge on any atom is 0.126 e. The van der Waals surface area contributed by atoms with Crippen LogP contribution in [-0.4, -0.2) is 0 Å². The lowest BCUT2D eigenvalue weighted by Gasteiger charge is -2.13. The molecule has 0 heterocycles. The molecule has 1 atom stereocenters. The molecule has 3 heteroatoms. The van der Waals surface area contributed by atoms with Crippen LogP contribution in [0, 0.1) is 12.7 Å². The maximum absolute atomic E-state index is 13.3. The Morgan fingerprint density at radius 2 is 2.13 bits per heavy atom. The van der Waals surface area contributed by atoms with Crippen molar-refractivity contribution in [2.24, 2.45) is 5.84 Å². The first-order valence-corrected chi connectivity index (χ1v) is 4.92. The molecule has 0 amide bonds. The monoisotopic (exact) mass is 208 g/mol. The van der Waals surface area contributed by atoms with Crippen molar-refractivity contribution in [2.75, 3.05) is 0 Å². The van der Waals surface area contributed by atoms with Gasteiger partial charge in [0, 0.05) is 0 Å². The molecule has 0 fully saturated rings. The minimum absolute atomic E-state index is 0.134. The number of hydrogen-bond donors (Lipinski definition) is 2.